The van der Waals surface area contributed by atoms with Crippen LogP contribution in [0, 0.1) is 0 Å². The zero-order valence-electron chi connectivity index (χ0n) is 11.7. The molecule has 0 saturated carbocycles. The molecule has 2 rings (SSSR count). The molecule has 0 spiro atoms. The summed E-state index contributed by atoms with van der Waals surface area (Å²) in [6.07, 6.45) is -5.02. The third-order valence-corrected chi connectivity index (χ3v) is 3.90. The van der Waals surface area contributed by atoms with E-state index in [0.29, 0.717) is 5.75 Å². The van der Waals surface area contributed by atoms with Crippen LogP contribution in [-0.4, -0.2) is 21.9 Å². The van der Waals surface area contributed by atoms with E-state index in [4.69, 9.17) is 8.92 Å². The molecule has 0 bridgehead atoms. The summed E-state index contributed by atoms with van der Waals surface area (Å²) in [5, 5.41) is 0. The Hall–Kier alpha value is -2.42. The zero-order valence-corrected chi connectivity index (χ0v) is 12.5. The Bertz CT molecular complexity index is 770. The molecule has 0 fully saturated rings. The second-order valence-electron chi connectivity index (χ2n) is 4.21. The standard InChI is InChI=1S/C14H11F3O5S/c1-20-10-6-8-11(9-7-10)22-23(18,19)13-5-3-2-4-12(13)21-14(15,16)17/h2-9H,1H3. The van der Waals surface area contributed by atoms with Gasteiger partial charge in [-0.2, -0.15) is 8.42 Å². The average molecular weight is 348 g/mol. The molecule has 0 radical (unpaired) electrons. The highest BCUT2D eigenvalue weighted by molar-refractivity contribution is 7.87. The highest BCUT2D eigenvalue weighted by Gasteiger charge is 2.34. The highest BCUT2D eigenvalue weighted by Crippen LogP contribution is 2.31. The largest absolute Gasteiger partial charge is 0.573 e. The van der Waals surface area contributed by atoms with E-state index in [1.165, 1.54) is 43.5 Å². The van der Waals surface area contributed by atoms with Crippen LogP contribution in [0.2, 0.25) is 0 Å². The van der Waals surface area contributed by atoms with Gasteiger partial charge in [0.1, 0.15) is 16.4 Å². The van der Waals surface area contributed by atoms with Gasteiger partial charge < -0.3 is 13.7 Å². The predicted molar refractivity (Wildman–Crippen MR) is 73.9 cm³/mol. The van der Waals surface area contributed by atoms with E-state index < -0.39 is 27.1 Å². The second kappa shape index (κ2) is 6.37. The molecule has 0 unspecified atom stereocenters. The Balaban J connectivity index is 2.32. The molecule has 0 amide bonds. The molecule has 0 aliphatic heterocycles. The fraction of sp³-hybridized carbons (Fsp3) is 0.143. The fourth-order valence-corrected chi connectivity index (χ4v) is 2.72. The molecule has 124 valence electrons. The molecule has 0 aliphatic rings. The smallest absolute Gasteiger partial charge is 0.497 e. The lowest BCUT2D eigenvalue weighted by Gasteiger charge is -2.13. The molecule has 0 heterocycles. The Kier molecular flexibility index (Phi) is 4.69. The van der Waals surface area contributed by atoms with Crippen LogP contribution in [0.15, 0.2) is 53.4 Å². The maximum Gasteiger partial charge on any atom is 0.573 e. The summed E-state index contributed by atoms with van der Waals surface area (Å²) in [5.41, 5.74) is 0. The normalized spacial score (nSPS) is 11.8. The van der Waals surface area contributed by atoms with Crippen LogP contribution in [-0.2, 0) is 10.1 Å². The van der Waals surface area contributed by atoms with Crippen molar-refractivity contribution in [1.82, 2.24) is 0 Å². The van der Waals surface area contributed by atoms with Crippen LogP contribution < -0.4 is 13.7 Å². The van der Waals surface area contributed by atoms with Gasteiger partial charge in [0.25, 0.3) is 0 Å². The molecule has 2 aromatic carbocycles. The molecule has 0 saturated heterocycles. The summed E-state index contributed by atoms with van der Waals surface area (Å²) in [7, 11) is -3.07. The van der Waals surface area contributed by atoms with E-state index in [1.54, 1.807) is 0 Å². The first-order valence-electron chi connectivity index (χ1n) is 6.14. The van der Waals surface area contributed by atoms with Gasteiger partial charge in [-0.15, -0.1) is 13.2 Å². The molecule has 0 atom stereocenters. The number of alkyl halides is 3. The number of rotatable bonds is 5. The Morgan fingerprint density at radius 3 is 2.04 bits per heavy atom. The minimum atomic E-state index is -5.02. The van der Waals surface area contributed by atoms with Crippen molar-refractivity contribution in [1.29, 1.82) is 0 Å². The van der Waals surface area contributed by atoms with Gasteiger partial charge in [0.05, 0.1) is 7.11 Å². The number of para-hydroxylation sites is 1. The topological polar surface area (TPSA) is 61.8 Å². The minimum Gasteiger partial charge on any atom is -0.497 e. The lowest BCUT2D eigenvalue weighted by Crippen LogP contribution is -2.20. The predicted octanol–water partition coefficient (Wildman–Crippen LogP) is 3.36. The summed E-state index contributed by atoms with van der Waals surface area (Å²) < 4.78 is 74.8. The number of methoxy groups -OCH3 is 1. The van der Waals surface area contributed by atoms with Gasteiger partial charge in [-0.25, -0.2) is 0 Å². The number of hydrogen-bond donors (Lipinski definition) is 0. The maximum absolute atomic E-state index is 12.3. The SMILES string of the molecule is COc1ccc(OS(=O)(=O)c2ccccc2OC(F)(F)F)cc1. The first kappa shape index (κ1) is 16.9. The van der Waals surface area contributed by atoms with Gasteiger partial charge in [-0.05, 0) is 36.4 Å². The van der Waals surface area contributed by atoms with Gasteiger partial charge in [0.15, 0.2) is 5.75 Å². The quantitative estimate of drug-likeness (QED) is 0.776. The zero-order chi connectivity index (χ0) is 17.1. The third kappa shape index (κ3) is 4.52. The fourth-order valence-electron chi connectivity index (χ4n) is 1.67. The van der Waals surface area contributed by atoms with Gasteiger partial charge in [-0.3, -0.25) is 0 Å². The molecular weight excluding hydrogens is 337 g/mol. The number of hydrogen-bond acceptors (Lipinski definition) is 5. The van der Waals surface area contributed by atoms with Crippen molar-refractivity contribution in [3.63, 3.8) is 0 Å². The average Bonchev–Trinajstić information content (AvgIpc) is 2.46. The maximum atomic E-state index is 12.3. The Morgan fingerprint density at radius 2 is 1.48 bits per heavy atom. The molecule has 0 aliphatic carbocycles. The molecule has 5 nitrogen and oxygen atoms in total. The highest BCUT2D eigenvalue weighted by atomic mass is 32.2. The lowest BCUT2D eigenvalue weighted by molar-refractivity contribution is -0.275. The van der Waals surface area contributed by atoms with Crippen molar-refractivity contribution < 1.29 is 35.2 Å². The van der Waals surface area contributed by atoms with Crippen LogP contribution in [0.1, 0.15) is 0 Å². The van der Waals surface area contributed by atoms with Crippen molar-refractivity contribution in [3.8, 4) is 17.2 Å². The summed E-state index contributed by atoms with van der Waals surface area (Å²) in [5.74, 6) is -0.475. The van der Waals surface area contributed by atoms with Gasteiger partial charge >= 0.3 is 16.5 Å². The summed E-state index contributed by atoms with van der Waals surface area (Å²) in [6.45, 7) is 0. The van der Waals surface area contributed by atoms with Crippen molar-refractivity contribution in [2.24, 2.45) is 0 Å². The molecule has 0 N–H and O–H groups in total. The van der Waals surface area contributed by atoms with Crippen molar-refractivity contribution in [2.45, 2.75) is 11.3 Å². The Morgan fingerprint density at radius 1 is 0.913 bits per heavy atom. The van der Waals surface area contributed by atoms with E-state index in [1.807, 2.05) is 0 Å². The van der Waals surface area contributed by atoms with Crippen LogP contribution >= 0.6 is 0 Å². The molecule has 9 heteroatoms. The van der Waals surface area contributed by atoms with E-state index in [0.717, 1.165) is 12.1 Å². The first-order valence-corrected chi connectivity index (χ1v) is 7.55. The molecule has 0 aromatic heterocycles. The van der Waals surface area contributed by atoms with Crippen LogP contribution in [0.5, 0.6) is 17.2 Å². The third-order valence-electron chi connectivity index (χ3n) is 2.61. The van der Waals surface area contributed by atoms with Crippen molar-refractivity contribution in [2.75, 3.05) is 7.11 Å². The van der Waals surface area contributed by atoms with Crippen LogP contribution in [0.25, 0.3) is 0 Å². The molecule has 2 aromatic rings. The van der Waals surface area contributed by atoms with Gasteiger partial charge in [0.2, 0.25) is 0 Å². The first-order chi connectivity index (χ1) is 10.7. The van der Waals surface area contributed by atoms with Crippen molar-refractivity contribution in [3.05, 3.63) is 48.5 Å². The molecular formula is C14H11F3O5S. The Labute approximate surface area is 130 Å². The monoisotopic (exact) mass is 348 g/mol. The second-order valence-corrected chi connectivity index (χ2v) is 5.72. The molecule has 23 heavy (non-hydrogen) atoms. The number of halogens is 3. The van der Waals surface area contributed by atoms with E-state index in [-0.39, 0.29) is 5.75 Å². The number of ether oxygens (including phenoxy) is 2. The van der Waals surface area contributed by atoms with Gasteiger partial charge in [0, 0.05) is 0 Å². The lowest BCUT2D eigenvalue weighted by atomic mass is 10.3. The van der Waals surface area contributed by atoms with E-state index in [2.05, 4.69) is 4.74 Å². The van der Waals surface area contributed by atoms with E-state index in [9.17, 15) is 21.6 Å². The summed E-state index contributed by atoms with van der Waals surface area (Å²) >= 11 is 0. The van der Waals surface area contributed by atoms with Crippen LogP contribution in [0.4, 0.5) is 13.2 Å². The van der Waals surface area contributed by atoms with Crippen LogP contribution in [0.3, 0.4) is 0 Å². The van der Waals surface area contributed by atoms with Gasteiger partial charge in [-0.1, -0.05) is 12.1 Å². The van der Waals surface area contributed by atoms with Crippen molar-refractivity contribution >= 4 is 10.1 Å². The minimum absolute atomic E-state index is 0.0763. The summed E-state index contributed by atoms with van der Waals surface area (Å²) in [6, 6.07) is 9.83. The van der Waals surface area contributed by atoms with E-state index >= 15 is 0 Å². The summed E-state index contributed by atoms with van der Waals surface area (Å²) in [4.78, 5) is -0.729. The number of benzene rings is 2.